The first-order valence-corrected chi connectivity index (χ1v) is 8.49. The Bertz CT molecular complexity index is 963. The highest BCUT2D eigenvalue weighted by Crippen LogP contribution is 2.23. The number of ketones is 1. The van der Waals surface area contributed by atoms with Gasteiger partial charge >= 0.3 is 0 Å². The van der Waals surface area contributed by atoms with Gasteiger partial charge in [-0.25, -0.2) is 0 Å². The van der Waals surface area contributed by atoms with Gasteiger partial charge in [0.05, 0.1) is 18.4 Å². The van der Waals surface area contributed by atoms with E-state index in [0.717, 1.165) is 5.75 Å². The Morgan fingerprint density at radius 3 is 2.37 bits per heavy atom. The van der Waals surface area contributed by atoms with Crippen molar-refractivity contribution in [2.45, 2.75) is 0 Å². The molecule has 0 amide bonds. The predicted molar refractivity (Wildman–Crippen MR) is 103 cm³/mol. The summed E-state index contributed by atoms with van der Waals surface area (Å²) in [6, 6.07) is 13.9. The third-order valence-electron chi connectivity index (χ3n) is 3.77. The van der Waals surface area contributed by atoms with Gasteiger partial charge < -0.3 is 9.64 Å². The number of tetrazole rings is 1. The van der Waals surface area contributed by atoms with E-state index in [2.05, 4.69) is 15.5 Å². The van der Waals surface area contributed by atoms with Gasteiger partial charge in [-0.15, -0.1) is 5.10 Å². The molecule has 8 heteroatoms. The van der Waals surface area contributed by atoms with Crippen molar-refractivity contribution in [3.63, 3.8) is 0 Å². The Balaban J connectivity index is 2.05. The molecule has 2 aromatic carbocycles. The normalized spacial score (nSPS) is 11.3. The van der Waals surface area contributed by atoms with Gasteiger partial charge in [0.1, 0.15) is 5.75 Å². The number of carbonyl (C=O) groups is 1. The van der Waals surface area contributed by atoms with Gasteiger partial charge in [0, 0.05) is 30.9 Å². The van der Waals surface area contributed by atoms with Gasteiger partial charge in [-0.05, 0) is 59.0 Å². The van der Waals surface area contributed by atoms with Crippen LogP contribution in [0.15, 0.2) is 54.7 Å². The van der Waals surface area contributed by atoms with E-state index >= 15 is 0 Å². The Morgan fingerprint density at radius 2 is 1.78 bits per heavy atom. The summed E-state index contributed by atoms with van der Waals surface area (Å²) in [7, 11) is 5.26. The number of ether oxygens (including phenoxy) is 1. The number of aromatic nitrogens is 4. The zero-order valence-corrected chi connectivity index (χ0v) is 15.9. The fraction of sp³-hybridized carbons (Fsp3) is 0.158. The maximum atomic E-state index is 13.1. The molecule has 1 aromatic heterocycles. The van der Waals surface area contributed by atoms with E-state index in [9.17, 15) is 4.79 Å². The van der Waals surface area contributed by atoms with Crippen LogP contribution in [-0.4, -0.2) is 52.1 Å². The molecule has 0 unspecified atom stereocenters. The molecular weight excluding hydrogens is 366 g/mol. The van der Waals surface area contributed by atoms with Crippen LogP contribution in [-0.2, 0) is 0 Å². The average molecular weight is 384 g/mol. The summed E-state index contributed by atoms with van der Waals surface area (Å²) in [6.07, 6.45) is 1.70. The van der Waals surface area contributed by atoms with E-state index in [1.165, 1.54) is 4.68 Å². The van der Waals surface area contributed by atoms with Crippen molar-refractivity contribution in [3.8, 4) is 11.4 Å². The van der Waals surface area contributed by atoms with Crippen molar-refractivity contribution in [1.82, 2.24) is 25.1 Å². The molecule has 1 heterocycles. The van der Waals surface area contributed by atoms with Crippen molar-refractivity contribution in [2.24, 2.45) is 0 Å². The first kappa shape index (κ1) is 18.6. The summed E-state index contributed by atoms with van der Waals surface area (Å²) in [6.45, 7) is 0. The van der Waals surface area contributed by atoms with Crippen LogP contribution in [0.2, 0.25) is 5.02 Å². The van der Waals surface area contributed by atoms with Crippen LogP contribution < -0.4 is 4.74 Å². The summed E-state index contributed by atoms with van der Waals surface area (Å²) in [4.78, 5) is 14.9. The quantitative estimate of drug-likeness (QED) is 0.481. The van der Waals surface area contributed by atoms with E-state index in [-0.39, 0.29) is 5.78 Å². The van der Waals surface area contributed by atoms with Crippen LogP contribution in [0.3, 0.4) is 0 Å². The van der Waals surface area contributed by atoms with Gasteiger partial charge in [-0.2, -0.15) is 4.68 Å². The number of halogens is 1. The van der Waals surface area contributed by atoms with Crippen LogP contribution >= 0.6 is 11.6 Å². The molecule has 0 N–H and O–H groups in total. The molecule has 0 spiro atoms. The summed E-state index contributed by atoms with van der Waals surface area (Å²) >= 11 is 5.93. The minimum atomic E-state index is -0.204. The lowest BCUT2D eigenvalue weighted by Crippen LogP contribution is -2.13. The maximum absolute atomic E-state index is 13.1. The van der Waals surface area contributed by atoms with Crippen molar-refractivity contribution < 1.29 is 9.53 Å². The molecular formula is C19H18ClN5O2. The largest absolute Gasteiger partial charge is 0.497 e. The van der Waals surface area contributed by atoms with Gasteiger partial charge in [-0.1, -0.05) is 11.6 Å². The van der Waals surface area contributed by atoms with Crippen LogP contribution in [0.4, 0.5) is 0 Å². The monoisotopic (exact) mass is 383 g/mol. The molecule has 0 saturated heterocycles. The number of methoxy groups -OCH3 is 1. The topological polar surface area (TPSA) is 73.1 Å². The summed E-state index contributed by atoms with van der Waals surface area (Å²) in [5, 5.41) is 12.4. The summed E-state index contributed by atoms with van der Waals surface area (Å²) in [5.41, 5.74) is 1.57. The van der Waals surface area contributed by atoms with E-state index in [4.69, 9.17) is 16.3 Å². The summed E-state index contributed by atoms with van der Waals surface area (Å²) < 4.78 is 6.70. The minimum Gasteiger partial charge on any atom is -0.497 e. The van der Waals surface area contributed by atoms with Crippen molar-refractivity contribution in [2.75, 3.05) is 21.2 Å². The molecule has 0 aliphatic rings. The molecule has 3 aromatic rings. The molecule has 0 fully saturated rings. The number of benzene rings is 2. The third kappa shape index (κ3) is 4.15. The average Bonchev–Trinajstić information content (AvgIpc) is 3.15. The number of allylic oxidation sites excluding steroid dienone is 1. The van der Waals surface area contributed by atoms with Gasteiger partial charge in [0.15, 0.2) is 11.6 Å². The van der Waals surface area contributed by atoms with Crippen molar-refractivity contribution >= 4 is 23.0 Å². The van der Waals surface area contributed by atoms with Gasteiger partial charge in [0.25, 0.3) is 0 Å². The SMILES string of the molecule is COc1ccc(-n2nnnc2/C(=C/N(C)C)C(=O)c2ccc(Cl)cc2)cc1. The smallest absolute Gasteiger partial charge is 0.198 e. The van der Waals surface area contributed by atoms with E-state index < -0.39 is 0 Å². The highest BCUT2D eigenvalue weighted by Gasteiger charge is 2.22. The molecule has 0 aliphatic heterocycles. The molecule has 0 aliphatic carbocycles. The number of hydrogen-bond donors (Lipinski definition) is 0. The van der Waals surface area contributed by atoms with Crippen LogP contribution in [0.25, 0.3) is 11.3 Å². The standard InChI is InChI=1S/C19H18ClN5O2/c1-24(2)12-17(18(26)13-4-6-14(20)7-5-13)19-21-22-23-25(19)15-8-10-16(27-3)11-9-15/h4-12H,1-3H3/b17-12+. The molecule has 3 rings (SSSR count). The zero-order valence-electron chi connectivity index (χ0n) is 15.1. The van der Waals surface area contributed by atoms with Crippen LogP contribution in [0.5, 0.6) is 5.75 Å². The maximum Gasteiger partial charge on any atom is 0.198 e. The third-order valence-corrected chi connectivity index (χ3v) is 4.02. The Labute approximate surface area is 161 Å². The number of rotatable bonds is 6. The predicted octanol–water partition coefficient (Wildman–Crippen LogP) is 3.11. The second-order valence-corrected chi connectivity index (χ2v) is 6.39. The fourth-order valence-corrected chi connectivity index (χ4v) is 2.61. The minimum absolute atomic E-state index is 0.204. The number of carbonyl (C=O) groups excluding carboxylic acids is 1. The van der Waals surface area contributed by atoms with E-state index in [1.54, 1.807) is 54.6 Å². The molecule has 0 saturated carbocycles. The van der Waals surface area contributed by atoms with E-state index in [1.807, 2.05) is 26.2 Å². The second-order valence-electron chi connectivity index (χ2n) is 5.95. The number of nitrogens with zero attached hydrogens (tertiary/aromatic N) is 5. The highest BCUT2D eigenvalue weighted by molar-refractivity contribution is 6.31. The molecule has 0 radical (unpaired) electrons. The molecule has 0 atom stereocenters. The van der Waals surface area contributed by atoms with Gasteiger partial charge in [-0.3, -0.25) is 4.79 Å². The summed E-state index contributed by atoms with van der Waals surface area (Å²) in [5.74, 6) is 0.855. The van der Waals surface area contributed by atoms with Gasteiger partial charge in [0.2, 0.25) is 0 Å². The molecule has 7 nitrogen and oxygen atoms in total. The molecule has 27 heavy (non-hydrogen) atoms. The van der Waals surface area contributed by atoms with Crippen LogP contribution in [0, 0.1) is 0 Å². The highest BCUT2D eigenvalue weighted by atomic mass is 35.5. The van der Waals surface area contributed by atoms with E-state index in [0.29, 0.717) is 27.7 Å². The zero-order chi connectivity index (χ0) is 19.4. The lowest BCUT2D eigenvalue weighted by molar-refractivity contribution is 0.105. The fourth-order valence-electron chi connectivity index (χ4n) is 2.49. The van der Waals surface area contributed by atoms with Crippen molar-refractivity contribution in [1.29, 1.82) is 0 Å². The van der Waals surface area contributed by atoms with Crippen molar-refractivity contribution in [3.05, 3.63) is 71.1 Å². The second kappa shape index (κ2) is 8.01. The lowest BCUT2D eigenvalue weighted by atomic mass is 10.0. The molecule has 138 valence electrons. The Morgan fingerprint density at radius 1 is 1.11 bits per heavy atom. The van der Waals surface area contributed by atoms with Crippen LogP contribution in [0.1, 0.15) is 16.2 Å². The first-order valence-electron chi connectivity index (χ1n) is 8.11. The first-order chi connectivity index (χ1) is 13.0. The number of Topliss-reactive ketones (excluding diaryl/α,β-unsaturated/α-hetero) is 1. The lowest BCUT2D eigenvalue weighted by Gasteiger charge is -2.12. The Hall–Kier alpha value is -3.19. The Kier molecular flexibility index (Phi) is 5.52. The molecule has 0 bridgehead atoms. The number of hydrogen-bond acceptors (Lipinski definition) is 6.